The molecular weight excluding hydrogens is 462 g/mol. The van der Waals surface area contributed by atoms with Crippen LogP contribution in [0.15, 0.2) is 6.20 Å². The van der Waals surface area contributed by atoms with E-state index in [1.54, 1.807) is 11.7 Å². The molecule has 0 aliphatic carbocycles. The van der Waals surface area contributed by atoms with Crippen LogP contribution in [0.25, 0.3) is 0 Å². The number of likely N-dealkylation sites (N-methyl/N-ethyl adjacent to an activating group) is 1. The van der Waals surface area contributed by atoms with Crippen LogP contribution in [0.2, 0.25) is 0 Å². The summed E-state index contributed by atoms with van der Waals surface area (Å²) >= 11 is 0. The minimum Gasteiger partial charge on any atom is -0.375 e. The van der Waals surface area contributed by atoms with Gasteiger partial charge in [-0.1, -0.05) is 19.1 Å². The van der Waals surface area contributed by atoms with E-state index < -0.39 is 5.41 Å². The van der Waals surface area contributed by atoms with E-state index in [0.29, 0.717) is 51.9 Å². The van der Waals surface area contributed by atoms with E-state index >= 15 is 0 Å². The van der Waals surface area contributed by atoms with Gasteiger partial charge < -0.3 is 26.4 Å². The highest BCUT2D eigenvalue weighted by Crippen LogP contribution is 2.23. The SMILES string of the molecule is CCNC(=O)CCc1cn(CCC(C)(C)OCCC(C)(C)C(=O)NCCCCC(NC)C(N)=O)nn1. The highest BCUT2D eigenvalue weighted by molar-refractivity contribution is 5.81. The van der Waals surface area contributed by atoms with Crippen LogP contribution in [0.4, 0.5) is 0 Å². The van der Waals surface area contributed by atoms with Crippen LogP contribution in [0.1, 0.15) is 78.8 Å². The number of aromatic nitrogens is 3. The van der Waals surface area contributed by atoms with Gasteiger partial charge in [0, 0.05) is 50.7 Å². The predicted octanol–water partition coefficient (Wildman–Crippen LogP) is 1.31. The molecule has 0 spiro atoms. The molecule has 1 aromatic rings. The molecule has 0 aromatic carbocycles. The Kier molecular flexibility index (Phi) is 13.6. The second kappa shape index (κ2) is 15.6. The second-order valence-corrected chi connectivity index (χ2v) is 10.4. The van der Waals surface area contributed by atoms with Crippen molar-refractivity contribution in [3.63, 3.8) is 0 Å². The number of rotatable bonds is 19. The summed E-state index contributed by atoms with van der Waals surface area (Å²) in [4.78, 5) is 35.5. The van der Waals surface area contributed by atoms with Crippen molar-refractivity contribution < 1.29 is 19.1 Å². The Bertz CT molecular complexity index is 823. The Hall–Kier alpha value is -2.53. The Morgan fingerprint density at radius 2 is 1.86 bits per heavy atom. The normalized spacial score (nSPS) is 12.8. The molecule has 206 valence electrons. The summed E-state index contributed by atoms with van der Waals surface area (Å²) in [5, 5.41) is 17.0. The van der Waals surface area contributed by atoms with Crippen molar-refractivity contribution in [2.24, 2.45) is 11.1 Å². The maximum atomic E-state index is 12.6. The van der Waals surface area contributed by atoms with Gasteiger partial charge in [-0.15, -0.1) is 5.10 Å². The zero-order valence-corrected chi connectivity index (χ0v) is 23.0. The Labute approximate surface area is 215 Å². The molecule has 36 heavy (non-hydrogen) atoms. The smallest absolute Gasteiger partial charge is 0.234 e. The lowest BCUT2D eigenvalue weighted by molar-refractivity contribution is -0.131. The summed E-state index contributed by atoms with van der Waals surface area (Å²) in [7, 11) is 1.71. The Balaban J connectivity index is 2.32. The fraction of sp³-hybridized carbons (Fsp3) is 0.800. The number of carbonyl (C=O) groups excluding carboxylic acids is 3. The van der Waals surface area contributed by atoms with Crippen molar-refractivity contribution >= 4 is 17.7 Å². The first-order valence-corrected chi connectivity index (χ1v) is 12.9. The summed E-state index contributed by atoms with van der Waals surface area (Å²) in [5.74, 6) is -0.349. The average molecular weight is 510 g/mol. The zero-order chi connectivity index (χ0) is 27.2. The number of amides is 3. The van der Waals surface area contributed by atoms with Crippen molar-refractivity contribution in [3.8, 4) is 0 Å². The minimum absolute atomic E-state index is 0.00765. The van der Waals surface area contributed by atoms with E-state index in [1.807, 2.05) is 40.8 Å². The number of nitrogens with zero attached hydrogens (tertiary/aromatic N) is 3. The van der Waals surface area contributed by atoms with Gasteiger partial charge in [0.1, 0.15) is 0 Å². The van der Waals surface area contributed by atoms with Crippen LogP contribution >= 0.6 is 0 Å². The number of hydrogen-bond donors (Lipinski definition) is 4. The number of nitrogens with one attached hydrogen (secondary N) is 3. The van der Waals surface area contributed by atoms with Gasteiger partial charge >= 0.3 is 0 Å². The molecule has 0 aliphatic heterocycles. The summed E-state index contributed by atoms with van der Waals surface area (Å²) in [6.07, 6.45) is 6.40. The van der Waals surface area contributed by atoms with Gasteiger partial charge in [-0.25, -0.2) is 0 Å². The van der Waals surface area contributed by atoms with Gasteiger partial charge in [-0.3, -0.25) is 19.1 Å². The summed E-state index contributed by atoms with van der Waals surface area (Å²) < 4.78 is 7.88. The van der Waals surface area contributed by atoms with E-state index in [0.717, 1.165) is 25.0 Å². The van der Waals surface area contributed by atoms with Gasteiger partial charge in [-0.05, 0) is 59.9 Å². The van der Waals surface area contributed by atoms with E-state index in [1.165, 1.54) is 0 Å². The third-order valence-corrected chi connectivity index (χ3v) is 6.24. The topological polar surface area (TPSA) is 153 Å². The lowest BCUT2D eigenvalue weighted by Gasteiger charge is -2.29. The third-order valence-electron chi connectivity index (χ3n) is 6.24. The van der Waals surface area contributed by atoms with Crippen molar-refractivity contribution in [3.05, 3.63) is 11.9 Å². The van der Waals surface area contributed by atoms with Crippen molar-refractivity contribution in [2.45, 2.75) is 97.8 Å². The van der Waals surface area contributed by atoms with Crippen LogP contribution < -0.4 is 21.7 Å². The molecule has 1 rings (SSSR count). The molecular formula is C25H47N7O4. The lowest BCUT2D eigenvalue weighted by Crippen LogP contribution is -2.40. The van der Waals surface area contributed by atoms with Gasteiger partial charge in [0.15, 0.2) is 0 Å². The van der Waals surface area contributed by atoms with Crippen LogP contribution in [0, 0.1) is 5.41 Å². The summed E-state index contributed by atoms with van der Waals surface area (Å²) in [6, 6.07) is -0.331. The van der Waals surface area contributed by atoms with Gasteiger partial charge in [0.25, 0.3) is 0 Å². The molecule has 0 bridgehead atoms. The average Bonchev–Trinajstić information content (AvgIpc) is 3.26. The Morgan fingerprint density at radius 1 is 1.14 bits per heavy atom. The van der Waals surface area contributed by atoms with Crippen molar-refractivity contribution in [2.75, 3.05) is 26.7 Å². The maximum Gasteiger partial charge on any atom is 0.234 e. The van der Waals surface area contributed by atoms with Gasteiger partial charge in [0.05, 0.1) is 17.3 Å². The number of nitrogens with two attached hydrogens (primary N) is 1. The van der Waals surface area contributed by atoms with E-state index in [2.05, 4.69) is 26.3 Å². The fourth-order valence-corrected chi connectivity index (χ4v) is 3.59. The molecule has 0 radical (unpaired) electrons. The number of primary amides is 1. The molecule has 0 saturated heterocycles. The molecule has 1 unspecified atom stereocenters. The highest BCUT2D eigenvalue weighted by atomic mass is 16.5. The largest absolute Gasteiger partial charge is 0.375 e. The van der Waals surface area contributed by atoms with Crippen LogP contribution in [-0.4, -0.2) is 71.1 Å². The van der Waals surface area contributed by atoms with E-state index in [-0.39, 0.29) is 29.4 Å². The lowest BCUT2D eigenvalue weighted by atomic mass is 9.88. The molecule has 0 saturated carbocycles. The molecule has 1 atom stereocenters. The van der Waals surface area contributed by atoms with Crippen LogP contribution in [0.5, 0.6) is 0 Å². The minimum atomic E-state index is -0.554. The summed E-state index contributed by atoms with van der Waals surface area (Å²) in [6.45, 7) is 12.1. The molecule has 1 heterocycles. The van der Waals surface area contributed by atoms with Crippen LogP contribution in [0.3, 0.4) is 0 Å². The number of aryl methyl sites for hydroxylation is 2. The molecule has 0 fully saturated rings. The van der Waals surface area contributed by atoms with Gasteiger partial charge in [-0.2, -0.15) is 0 Å². The number of hydrogen-bond acceptors (Lipinski definition) is 7. The first-order valence-electron chi connectivity index (χ1n) is 12.9. The summed E-state index contributed by atoms with van der Waals surface area (Å²) in [5.41, 5.74) is 5.18. The number of ether oxygens (including phenoxy) is 1. The quantitative estimate of drug-likeness (QED) is 0.205. The third kappa shape index (κ3) is 12.4. The Morgan fingerprint density at radius 3 is 2.50 bits per heavy atom. The maximum absolute atomic E-state index is 12.6. The molecule has 1 aromatic heterocycles. The van der Waals surface area contributed by atoms with Crippen LogP contribution in [-0.2, 0) is 32.1 Å². The van der Waals surface area contributed by atoms with E-state index in [9.17, 15) is 14.4 Å². The second-order valence-electron chi connectivity index (χ2n) is 10.4. The molecule has 3 amide bonds. The first kappa shape index (κ1) is 31.5. The highest BCUT2D eigenvalue weighted by Gasteiger charge is 2.28. The first-order chi connectivity index (χ1) is 16.9. The molecule has 0 aliphatic rings. The van der Waals surface area contributed by atoms with E-state index in [4.69, 9.17) is 10.5 Å². The fourth-order valence-electron chi connectivity index (χ4n) is 3.59. The van der Waals surface area contributed by atoms with Crippen molar-refractivity contribution in [1.82, 2.24) is 30.9 Å². The monoisotopic (exact) mass is 509 g/mol. The van der Waals surface area contributed by atoms with Crippen molar-refractivity contribution in [1.29, 1.82) is 0 Å². The number of carbonyl (C=O) groups is 3. The molecule has 11 heteroatoms. The zero-order valence-electron chi connectivity index (χ0n) is 23.0. The molecule has 5 N–H and O–H groups in total. The predicted molar refractivity (Wildman–Crippen MR) is 139 cm³/mol. The molecule has 11 nitrogen and oxygen atoms in total. The number of unbranched alkanes of at least 4 members (excludes halogenated alkanes) is 1. The van der Waals surface area contributed by atoms with Gasteiger partial charge in [0.2, 0.25) is 17.7 Å². The standard InChI is InChI=1S/C25H47N7O4/c1-7-28-21(33)12-11-19-18-32(31-30-19)16-13-25(4,5)36-17-14-24(2,3)23(35)29-15-9-8-10-20(27-6)22(26)34/h18,20,27H,7-17H2,1-6H3,(H2,26,34)(H,28,33)(H,29,35).